The monoisotopic (exact) mass is 262 g/mol. The molecule has 0 radical (unpaired) electrons. The number of benzene rings is 1. The van der Waals surface area contributed by atoms with Crippen molar-refractivity contribution in [3.05, 3.63) is 35.9 Å². The van der Waals surface area contributed by atoms with Crippen LogP contribution in [0.5, 0.6) is 0 Å². The first-order valence-corrected chi connectivity index (χ1v) is 7.05. The van der Waals surface area contributed by atoms with Gasteiger partial charge in [0.2, 0.25) is 0 Å². The van der Waals surface area contributed by atoms with E-state index in [9.17, 15) is 4.79 Å². The van der Waals surface area contributed by atoms with Gasteiger partial charge in [0.05, 0.1) is 25.6 Å². The number of carbonyl (C=O) groups is 1. The van der Waals surface area contributed by atoms with E-state index < -0.39 is 5.60 Å². The zero-order chi connectivity index (χ0) is 14.0. The second kappa shape index (κ2) is 5.33. The van der Waals surface area contributed by atoms with E-state index in [1.165, 1.54) is 11.8 Å². The Morgan fingerprint density at radius 2 is 1.95 bits per heavy atom. The predicted octanol–water partition coefficient (Wildman–Crippen LogP) is 1.39. The van der Waals surface area contributed by atoms with Crippen LogP contribution in [0.4, 0.5) is 0 Å². The zero-order valence-corrected chi connectivity index (χ0v) is 12.3. The first kappa shape index (κ1) is 14.1. The number of rotatable bonds is 2. The number of carbonyl (C=O) groups excluding carboxylic acids is 1. The molecular formula is C16H24NO2+. The van der Waals surface area contributed by atoms with Crippen LogP contribution in [0.1, 0.15) is 32.8 Å². The Morgan fingerprint density at radius 3 is 2.53 bits per heavy atom. The molecule has 1 unspecified atom stereocenters. The van der Waals surface area contributed by atoms with Crippen LogP contribution in [0.25, 0.3) is 0 Å². The number of ether oxygens (including phenoxy) is 1. The van der Waals surface area contributed by atoms with Gasteiger partial charge < -0.3 is 9.64 Å². The van der Waals surface area contributed by atoms with E-state index >= 15 is 0 Å². The fourth-order valence-electron chi connectivity index (χ4n) is 3.26. The molecule has 3 heteroatoms. The lowest BCUT2D eigenvalue weighted by molar-refractivity contribution is -0.917. The van der Waals surface area contributed by atoms with Crippen LogP contribution in [0.2, 0.25) is 0 Å². The van der Waals surface area contributed by atoms with E-state index in [1.54, 1.807) is 0 Å². The van der Waals surface area contributed by atoms with Gasteiger partial charge in [-0.2, -0.15) is 0 Å². The summed E-state index contributed by atoms with van der Waals surface area (Å²) in [5, 5.41) is 0. The number of nitrogens with one attached hydrogen (secondary N) is 1. The van der Waals surface area contributed by atoms with E-state index in [0.717, 1.165) is 18.5 Å². The van der Waals surface area contributed by atoms with Crippen molar-refractivity contribution in [3.8, 4) is 0 Å². The number of hydrogen-bond donors (Lipinski definition) is 1. The lowest BCUT2D eigenvalue weighted by atomic mass is 9.73. The molecule has 0 saturated carbocycles. The lowest BCUT2D eigenvalue weighted by Crippen LogP contribution is -3.15. The van der Waals surface area contributed by atoms with Gasteiger partial charge in [0.15, 0.2) is 5.60 Å². The summed E-state index contributed by atoms with van der Waals surface area (Å²) in [4.78, 5) is 13.1. The van der Waals surface area contributed by atoms with Crippen molar-refractivity contribution in [1.29, 1.82) is 0 Å². The van der Waals surface area contributed by atoms with Gasteiger partial charge in [0, 0.05) is 13.3 Å². The summed E-state index contributed by atoms with van der Waals surface area (Å²) in [6.07, 6.45) is 0.883. The highest BCUT2D eigenvalue weighted by Crippen LogP contribution is 2.39. The fraction of sp³-hybridized carbons (Fsp3) is 0.562. The molecular weight excluding hydrogens is 238 g/mol. The maximum Gasteiger partial charge on any atom is 0.303 e. The number of likely N-dealkylation sites (tertiary alicyclic amines) is 1. The fourth-order valence-corrected chi connectivity index (χ4v) is 3.26. The summed E-state index contributed by atoms with van der Waals surface area (Å²) < 4.78 is 5.84. The molecule has 104 valence electrons. The quantitative estimate of drug-likeness (QED) is 0.817. The third kappa shape index (κ3) is 2.52. The van der Waals surface area contributed by atoms with E-state index in [-0.39, 0.29) is 5.97 Å². The number of quaternary nitrogens is 1. The average molecular weight is 262 g/mol. The summed E-state index contributed by atoms with van der Waals surface area (Å²) in [5.41, 5.74) is 0.656. The van der Waals surface area contributed by atoms with Gasteiger partial charge in [-0.25, -0.2) is 0 Å². The summed E-state index contributed by atoms with van der Waals surface area (Å²) in [6.45, 7) is 6.96. The smallest absolute Gasteiger partial charge is 0.303 e. The number of esters is 1. The highest BCUT2D eigenvalue weighted by atomic mass is 16.6. The Bertz CT molecular complexity index is 445. The van der Waals surface area contributed by atoms with Gasteiger partial charge in [-0.1, -0.05) is 37.3 Å². The van der Waals surface area contributed by atoms with Gasteiger partial charge in [-0.3, -0.25) is 4.79 Å². The maximum absolute atomic E-state index is 11.6. The Kier molecular flexibility index (Phi) is 3.95. The molecule has 0 aromatic heterocycles. The second-order valence-corrected chi connectivity index (χ2v) is 5.77. The average Bonchev–Trinajstić information content (AvgIpc) is 2.40. The summed E-state index contributed by atoms with van der Waals surface area (Å²) in [7, 11) is 2.21. The van der Waals surface area contributed by atoms with Gasteiger partial charge in [0.1, 0.15) is 0 Å². The molecule has 1 aromatic rings. The van der Waals surface area contributed by atoms with Crippen molar-refractivity contribution in [2.75, 3.05) is 13.6 Å². The molecule has 0 spiro atoms. The Hall–Kier alpha value is -1.35. The molecule has 1 aliphatic heterocycles. The molecule has 0 amide bonds. The standard InChI is InChI=1S/C16H23NO2/c1-12-13(2)17(4)11-10-16(12,19-14(3)18)15-8-6-5-7-9-15/h5-9,12-13H,10-11H2,1-4H3/p+1/t12-,13+,16-/m1/s1. The van der Waals surface area contributed by atoms with Crippen molar-refractivity contribution in [2.45, 2.75) is 38.8 Å². The van der Waals surface area contributed by atoms with Gasteiger partial charge >= 0.3 is 5.97 Å². The minimum absolute atomic E-state index is 0.192. The Labute approximate surface area is 115 Å². The Morgan fingerprint density at radius 1 is 1.32 bits per heavy atom. The Balaban J connectivity index is 2.43. The third-order valence-electron chi connectivity index (χ3n) is 4.74. The van der Waals surface area contributed by atoms with Crippen LogP contribution in [-0.2, 0) is 15.1 Å². The molecule has 1 aliphatic rings. The zero-order valence-electron chi connectivity index (χ0n) is 12.3. The van der Waals surface area contributed by atoms with Crippen molar-refractivity contribution in [3.63, 3.8) is 0 Å². The summed E-state index contributed by atoms with van der Waals surface area (Å²) in [5.74, 6) is 0.106. The highest BCUT2D eigenvalue weighted by molar-refractivity contribution is 5.67. The minimum Gasteiger partial charge on any atom is -0.454 e. The van der Waals surface area contributed by atoms with E-state index in [0.29, 0.717) is 12.0 Å². The van der Waals surface area contributed by atoms with E-state index in [2.05, 4.69) is 33.0 Å². The van der Waals surface area contributed by atoms with Gasteiger partial charge in [0.25, 0.3) is 0 Å². The number of hydrogen-bond acceptors (Lipinski definition) is 2. The third-order valence-corrected chi connectivity index (χ3v) is 4.74. The van der Waals surface area contributed by atoms with Crippen molar-refractivity contribution >= 4 is 5.97 Å². The molecule has 1 N–H and O–H groups in total. The number of piperidine rings is 1. The first-order chi connectivity index (χ1) is 8.97. The molecule has 1 fully saturated rings. The molecule has 0 bridgehead atoms. The molecule has 4 atom stereocenters. The van der Waals surface area contributed by atoms with Crippen LogP contribution in [0, 0.1) is 5.92 Å². The molecule has 1 aromatic carbocycles. The largest absolute Gasteiger partial charge is 0.454 e. The topological polar surface area (TPSA) is 30.7 Å². The predicted molar refractivity (Wildman–Crippen MR) is 74.9 cm³/mol. The molecule has 1 saturated heterocycles. The minimum atomic E-state index is -0.466. The lowest BCUT2D eigenvalue weighted by Gasteiger charge is -2.46. The first-order valence-electron chi connectivity index (χ1n) is 7.05. The second-order valence-electron chi connectivity index (χ2n) is 5.77. The molecule has 2 rings (SSSR count). The maximum atomic E-state index is 11.6. The molecule has 0 aliphatic carbocycles. The van der Waals surface area contributed by atoms with Crippen LogP contribution in [-0.4, -0.2) is 25.6 Å². The normalized spacial score (nSPS) is 34.8. The molecule has 19 heavy (non-hydrogen) atoms. The van der Waals surface area contributed by atoms with Gasteiger partial charge in [-0.05, 0) is 12.5 Å². The summed E-state index contributed by atoms with van der Waals surface area (Å²) in [6, 6.07) is 10.7. The van der Waals surface area contributed by atoms with Crippen LogP contribution in [0.15, 0.2) is 30.3 Å². The van der Waals surface area contributed by atoms with Crippen molar-refractivity contribution < 1.29 is 14.4 Å². The van der Waals surface area contributed by atoms with Crippen molar-refractivity contribution in [1.82, 2.24) is 0 Å². The van der Waals surface area contributed by atoms with Crippen LogP contribution in [0.3, 0.4) is 0 Å². The SMILES string of the molecule is CC(=O)O[C@]1(c2ccccc2)CC[NH+](C)[C@@H](C)[C@H]1C. The van der Waals surface area contributed by atoms with Crippen LogP contribution >= 0.6 is 0 Å². The van der Waals surface area contributed by atoms with Gasteiger partial charge in [-0.15, -0.1) is 0 Å². The summed E-state index contributed by atoms with van der Waals surface area (Å²) >= 11 is 0. The van der Waals surface area contributed by atoms with Crippen molar-refractivity contribution in [2.24, 2.45) is 5.92 Å². The molecule has 3 nitrogen and oxygen atoms in total. The van der Waals surface area contributed by atoms with Crippen LogP contribution < -0.4 is 4.90 Å². The highest BCUT2D eigenvalue weighted by Gasteiger charge is 2.49. The van der Waals surface area contributed by atoms with E-state index in [1.807, 2.05) is 18.2 Å². The molecule has 1 heterocycles. The van der Waals surface area contributed by atoms with E-state index in [4.69, 9.17) is 4.74 Å².